The van der Waals surface area contributed by atoms with Crippen molar-refractivity contribution in [2.45, 2.75) is 13.8 Å². The van der Waals surface area contributed by atoms with Gasteiger partial charge in [-0.15, -0.1) is 10.5 Å². The van der Waals surface area contributed by atoms with E-state index in [1.54, 1.807) is 13.8 Å². The van der Waals surface area contributed by atoms with Gasteiger partial charge in [-0.2, -0.15) is 0 Å². The van der Waals surface area contributed by atoms with Crippen molar-refractivity contribution >= 4 is 0 Å². The SMILES string of the molecule is CC#[NH+].CC#[NH+].[Cl-].[Li+]. The van der Waals surface area contributed by atoms with E-state index in [1.165, 1.54) is 0 Å². The Balaban J connectivity index is -0.0000000160. The number of halogens is 1. The Bertz CT molecular complexity index is 69.0. The molecule has 0 saturated carbocycles. The van der Waals surface area contributed by atoms with Crippen LogP contribution in [0.1, 0.15) is 13.8 Å². The monoisotopic (exact) mass is 126 g/mol. The molecule has 0 radical (unpaired) electrons. The first kappa shape index (κ1) is 24.8. The molecule has 0 saturated heterocycles. The minimum absolute atomic E-state index is 0. The van der Waals surface area contributed by atoms with Crippen LogP contribution in [-0.4, -0.2) is 0 Å². The maximum absolute atomic E-state index is 5.96. The van der Waals surface area contributed by atoms with Gasteiger partial charge in [-0.25, -0.2) is 0 Å². The van der Waals surface area contributed by atoms with Gasteiger partial charge >= 0.3 is 18.9 Å². The predicted molar refractivity (Wildman–Crippen MR) is 21.0 cm³/mol. The molecule has 0 aliphatic rings. The van der Waals surface area contributed by atoms with Gasteiger partial charge in [-0.3, -0.25) is 0 Å². The van der Waals surface area contributed by atoms with Crippen molar-refractivity contribution in [3.05, 3.63) is 0 Å². The first-order chi connectivity index (χ1) is 2.83. The van der Waals surface area contributed by atoms with Gasteiger partial charge in [0.1, 0.15) is 0 Å². The van der Waals surface area contributed by atoms with Crippen LogP contribution in [-0.2, 0) is 0 Å². The molecule has 0 bridgehead atoms. The molecule has 0 atom stereocenters. The van der Waals surface area contributed by atoms with Crippen LogP contribution in [0.4, 0.5) is 0 Å². The van der Waals surface area contributed by atoms with Crippen molar-refractivity contribution in [3.8, 4) is 12.1 Å². The van der Waals surface area contributed by atoms with Gasteiger partial charge < -0.3 is 12.4 Å². The molecule has 0 aromatic carbocycles. The van der Waals surface area contributed by atoms with E-state index in [0.29, 0.717) is 0 Å². The fraction of sp³-hybridized carbons (Fsp3) is 0.500. The van der Waals surface area contributed by atoms with Gasteiger partial charge in [0.05, 0.1) is 13.8 Å². The zero-order chi connectivity index (χ0) is 5.41. The van der Waals surface area contributed by atoms with Crippen molar-refractivity contribution in [1.29, 1.82) is 0 Å². The van der Waals surface area contributed by atoms with E-state index in [2.05, 4.69) is 0 Å². The maximum atomic E-state index is 5.96. The van der Waals surface area contributed by atoms with Gasteiger partial charge in [0, 0.05) is 0 Å². The van der Waals surface area contributed by atoms with Crippen LogP contribution in [0.15, 0.2) is 0 Å². The smallest absolute Gasteiger partial charge is 1.00 e. The second kappa shape index (κ2) is 67.8. The van der Waals surface area contributed by atoms with E-state index in [0.717, 1.165) is 0 Å². The van der Waals surface area contributed by atoms with Crippen LogP contribution in [0.2, 0.25) is 0 Å². The molecule has 2 N–H and O–H groups in total. The average Bonchev–Trinajstić information content (AvgIpc) is 1.39. The van der Waals surface area contributed by atoms with E-state index in [1.807, 2.05) is 12.1 Å². The quantitative estimate of drug-likeness (QED) is 0.303. The summed E-state index contributed by atoms with van der Waals surface area (Å²) < 4.78 is 0. The van der Waals surface area contributed by atoms with Crippen LogP contribution in [0.3, 0.4) is 0 Å². The molecular formula is C4H8ClLiN2+2. The summed E-state index contributed by atoms with van der Waals surface area (Å²) in [6, 6.07) is 4.00. The Kier molecular flexibility index (Phi) is 210. The Hall–Kier alpha value is -0.133. The van der Waals surface area contributed by atoms with Crippen molar-refractivity contribution in [3.63, 3.8) is 0 Å². The van der Waals surface area contributed by atoms with E-state index in [-0.39, 0.29) is 31.3 Å². The Labute approximate surface area is 68.1 Å². The molecular weight excluding hydrogens is 118 g/mol. The minimum atomic E-state index is 0. The molecule has 0 aliphatic carbocycles. The van der Waals surface area contributed by atoms with Gasteiger partial charge in [-0.1, -0.05) is 0 Å². The van der Waals surface area contributed by atoms with Crippen molar-refractivity contribution in [2.24, 2.45) is 0 Å². The summed E-state index contributed by atoms with van der Waals surface area (Å²) in [7, 11) is 0. The summed E-state index contributed by atoms with van der Waals surface area (Å²) in [6.07, 6.45) is 0. The van der Waals surface area contributed by atoms with Gasteiger partial charge in [-0.05, 0) is 0 Å². The zero-order valence-electron chi connectivity index (χ0n) is 5.38. The Morgan fingerprint density at radius 1 is 1.00 bits per heavy atom. The molecule has 0 amide bonds. The average molecular weight is 127 g/mol. The molecule has 8 heavy (non-hydrogen) atoms. The normalized spacial score (nSPS) is 2.00. The number of nitrogens with one attached hydrogen (secondary N) is 2. The van der Waals surface area contributed by atoms with Gasteiger partial charge in [0.25, 0.3) is 12.1 Å². The summed E-state index contributed by atoms with van der Waals surface area (Å²) in [5.41, 5.74) is 0. The van der Waals surface area contributed by atoms with Crippen LogP contribution < -0.4 is 41.8 Å². The Morgan fingerprint density at radius 2 is 1.00 bits per heavy atom. The number of hydrogen-bond donors (Lipinski definition) is 2. The standard InChI is InChI=1S/2C2H3N.ClH.Li/c2*1-2-3;;/h2*1H3;1H;/q;;;+1/p+1. The van der Waals surface area contributed by atoms with Crippen LogP contribution in [0, 0.1) is 12.1 Å². The van der Waals surface area contributed by atoms with E-state index in [4.69, 9.17) is 10.5 Å². The third-order valence-electron chi connectivity index (χ3n) is 0. The van der Waals surface area contributed by atoms with Crippen molar-refractivity contribution in [2.75, 3.05) is 0 Å². The first-order valence-corrected chi connectivity index (χ1v) is 1.50. The summed E-state index contributed by atoms with van der Waals surface area (Å²) in [6.45, 7) is 3.08. The van der Waals surface area contributed by atoms with E-state index < -0.39 is 0 Å². The summed E-state index contributed by atoms with van der Waals surface area (Å²) >= 11 is 0. The third kappa shape index (κ3) is 7910. The first-order valence-electron chi connectivity index (χ1n) is 1.50. The van der Waals surface area contributed by atoms with Crippen molar-refractivity contribution < 1.29 is 41.8 Å². The third-order valence-corrected chi connectivity index (χ3v) is 0. The van der Waals surface area contributed by atoms with Crippen LogP contribution in [0.5, 0.6) is 0 Å². The maximum Gasteiger partial charge on any atom is 1.00 e. The number of rotatable bonds is 0. The minimum Gasteiger partial charge on any atom is -1.00 e. The molecule has 4 heteroatoms. The summed E-state index contributed by atoms with van der Waals surface area (Å²) in [5.74, 6) is 0. The van der Waals surface area contributed by atoms with E-state index >= 15 is 0 Å². The van der Waals surface area contributed by atoms with Crippen molar-refractivity contribution in [1.82, 2.24) is 0 Å². The Morgan fingerprint density at radius 3 is 1.00 bits per heavy atom. The van der Waals surface area contributed by atoms with E-state index in [9.17, 15) is 0 Å². The van der Waals surface area contributed by atoms with Gasteiger partial charge in [0.2, 0.25) is 0 Å². The molecule has 0 aliphatic heterocycles. The number of hydrogen-bond acceptors (Lipinski definition) is 0. The molecule has 40 valence electrons. The molecule has 0 aromatic heterocycles. The summed E-state index contributed by atoms with van der Waals surface area (Å²) in [4.78, 5) is 0. The predicted octanol–water partition coefficient (Wildman–Crippen LogP) is -8.43. The topological polar surface area (TPSA) is 47.6 Å². The largest absolute Gasteiger partial charge is 1.00 e. The second-order valence-corrected chi connectivity index (χ2v) is 0.500. The molecule has 0 heterocycles. The second-order valence-electron chi connectivity index (χ2n) is 0.500. The summed E-state index contributed by atoms with van der Waals surface area (Å²) in [5, 5.41) is 11.9. The molecule has 0 fully saturated rings. The van der Waals surface area contributed by atoms with Crippen LogP contribution in [0.25, 0.3) is 0 Å². The molecule has 0 rings (SSSR count). The molecule has 0 spiro atoms. The zero-order valence-corrected chi connectivity index (χ0v) is 6.13. The molecule has 2 nitrogen and oxygen atoms in total. The molecule has 0 unspecified atom stereocenters. The fourth-order valence-corrected chi connectivity index (χ4v) is 0. The fourth-order valence-electron chi connectivity index (χ4n) is 0. The van der Waals surface area contributed by atoms with Crippen LogP contribution >= 0.6 is 0 Å². The van der Waals surface area contributed by atoms with Gasteiger partial charge in [0.15, 0.2) is 0 Å². The molecule has 0 aromatic rings.